The van der Waals surface area contributed by atoms with E-state index in [4.69, 9.17) is 18.5 Å². The number of likely N-dealkylation sites (N-methyl/N-ethyl adjacent to an activating group) is 1. The van der Waals surface area contributed by atoms with Crippen molar-refractivity contribution in [2.45, 2.75) is 225 Å². The molecule has 0 aromatic rings. The number of ether oxygens (including phenoxy) is 2. The molecule has 2 unspecified atom stereocenters. The molecule has 0 aromatic heterocycles. The number of hydrogen-bond acceptors (Lipinski definition) is 7. The number of phosphoric ester groups is 1. The van der Waals surface area contributed by atoms with Crippen molar-refractivity contribution < 1.29 is 37.3 Å². The molecule has 0 amide bonds. The summed E-state index contributed by atoms with van der Waals surface area (Å²) in [6.45, 7) is 5.33. The lowest BCUT2D eigenvalue weighted by Crippen LogP contribution is -2.37. The molecule has 0 radical (unpaired) electrons. The van der Waals surface area contributed by atoms with E-state index in [1.54, 1.807) is 0 Å². The summed E-state index contributed by atoms with van der Waals surface area (Å²) in [6.07, 6.45) is 55.6. The van der Waals surface area contributed by atoms with Gasteiger partial charge in [-0.2, -0.15) is 0 Å². The summed E-state index contributed by atoms with van der Waals surface area (Å²) in [5.41, 5.74) is 0. The first-order chi connectivity index (χ1) is 29.6. The zero-order valence-electron chi connectivity index (χ0n) is 40.6. The van der Waals surface area contributed by atoms with E-state index in [-0.39, 0.29) is 25.8 Å². The first-order valence-corrected chi connectivity index (χ1v) is 26.8. The Bertz CT molecular complexity index is 1120. The minimum absolute atomic E-state index is 0.0264. The fourth-order valence-electron chi connectivity index (χ4n) is 7.01. The number of esters is 1. The molecule has 0 rings (SSSR count). The van der Waals surface area contributed by atoms with Gasteiger partial charge in [-0.1, -0.05) is 210 Å². The number of unbranched alkanes of at least 4 members (excludes halogenated alkanes) is 25. The van der Waals surface area contributed by atoms with E-state index in [0.717, 1.165) is 57.8 Å². The number of quaternary nitrogens is 1. The van der Waals surface area contributed by atoms with Crippen LogP contribution in [0.2, 0.25) is 0 Å². The minimum atomic E-state index is -4.53. The lowest BCUT2D eigenvalue weighted by Gasteiger charge is -2.28. The van der Waals surface area contributed by atoms with Crippen molar-refractivity contribution in [3.8, 4) is 0 Å². The van der Waals surface area contributed by atoms with E-state index in [0.29, 0.717) is 24.1 Å². The largest absolute Gasteiger partial charge is 0.756 e. The predicted molar refractivity (Wildman–Crippen MR) is 259 cm³/mol. The topological polar surface area (TPSA) is 94.1 Å². The highest BCUT2D eigenvalue weighted by molar-refractivity contribution is 7.45. The summed E-state index contributed by atoms with van der Waals surface area (Å²) in [4.78, 5) is 25.2. The lowest BCUT2D eigenvalue weighted by molar-refractivity contribution is -0.870. The van der Waals surface area contributed by atoms with Crippen LogP contribution in [0.25, 0.3) is 0 Å². The number of carbonyl (C=O) groups excluding carboxylic acids is 1. The van der Waals surface area contributed by atoms with E-state index in [2.05, 4.69) is 62.5 Å². The molecule has 9 heteroatoms. The van der Waals surface area contributed by atoms with Crippen molar-refractivity contribution in [3.63, 3.8) is 0 Å². The standard InChI is InChI=1S/C52H98NO7P/c1-6-8-10-12-14-16-18-20-22-23-24-25-26-27-28-29-30-31-32-33-35-37-39-41-43-45-52(54)60-51(50-59-61(55,56)58-48-46-53(3,4)5)49-57-47-44-42-40-38-36-34-21-19-17-15-13-11-9-7-2/h8,10,14,16,20,22,24-25,51H,6-7,9,11-13,15,17-19,21,23,26-50H2,1-5H3/b10-8-,16-14-,22-20-,25-24-. The molecule has 0 saturated carbocycles. The molecule has 0 aromatic carbocycles. The second-order valence-corrected chi connectivity index (χ2v) is 19.6. The normalized spacial score (nSPS) is 14.0. The average molecular weight is 880 g/mol. The molecule has 0 aliphatic carbocycles. The highest BCUT2D eigenvalue weighted by Gasteiger charge is 2.20. The molecule has 0 heterocycles. The van der Waals surface area contributed by atoms with Crippen molar-refractivity contribution in [3.05, 3.63) is 48.6 Å². The molecule has 0 saturated heterocycles. The van der Waals surface area contributed by atoms with Crippen LogP contribution in [0.1, 0.15) is 219 Å². The van der Waals surface area contributed by atoms with Crippen LogP contribution in [-0.4, -0.2) is 70.7 Å². The summed E-state index contributed by atoms with van der Waals surface area (Å²) in [6, 6.07) is 0. The van der Waals surface area contributed by atoms with Gasteiger partial charge in [-0.25, -0.2) is 0 Å². The molecule has 0 aliphatic rings. The second-order valence-electron chi connectivity index (χ2n) is 18.2. The van der Waals surface area contributed by atoms with E-state index in [1.807, 2.05) is 21.1 Å². The Balaban J connectivity index is 4.09. The first-order valence-electron chi connectivity index (χ1n) is 25.4. The van der Waals surface area contributed by atoms with Gasteiger partial charge in [0.1, 0.15) is 19.3 Å². The Hall–Kier alpha value is -1.54. The van der Waals surface area contributed by atoms with Crippen LogP contribution in [0, 0.1) is 0 Å². The van der Waals surface area contributed by atoms with Gasteiger partial charge in [0.25, 0.3) is 7.82 Å². The monoisotopic (exact) mass is 880 g/mol. The Morgan fingerprint density at radius 3 is 1.43 bits per heavy atom. The summed E-state index contributed by atoms with van der Waals surface area (Å²) in [7, 11) is 1.36. The molecule has 358 valence electrons. The van der Waals surface area contributed by atoms with Gasteiger partial charge in [0, 0.05) is 13.0 Å². The van der Waals surface area contributed by atoms with Gasteiger partial charge in [-0.15, -0.1) is 0 Å². The van der Waals surface area contributed by atoms with Crippen molar-refractivity contribution in [2.75, 3.05) is 54.1 Å². The fourth-order valence-corrected chi connectivity index (χ4v) is 7.74. The van der Waals surface area contributed by atoms with Gasteiger partial charge >= 0.3 is 5.97 Å². The molecular formula is C52H98NO7P. The maximum atomic E-state index is 12.7. The molecule has 0 bridgehead atoms. The number of hydrogen-bond donors (Lipinski definition) is 0. The molecule has 2 atom stereocenters. The number of nitrogens with zero attached hydrogens (tertiary/aromatic N) is 1. The van der Waals surface area contributed by atoms with Crippen molar-refractivity contribution in [2.24, 2.45) is 0 Å². The van der Waals surface area contributed by atoms with Gasteiger partial charge in [-0.3, -0.25) is 9.36 Å². The molecular weight excluding hydrogens is 782 g/mol. The summed E-state index contributed by atoms with van der Waals surface area (Å²) < 4.78 is 34.7. The van der Waals surface area contributed by atoms with Gasteiger partial charge in [0.05, 0.1) is 34.4 Å². The van der Waals surface area contributed by atoms with E-state index in [1.165, 1.54) is 141 Å². The van der Waals surface area contributed by atoms with Crippen LogP contribution in [0.15, 0.2) is 48.6 Å². The predicted octanol–water partition coefficient (Wildman–Crippen LogP) is 14.9. The zero-order valence-corrected chi connectivity index (χ0v) is 41.5. The van der Waals surface area contributed by atoms with Crippen LogP contribution >= 0.6 is 7.82 Å². The Labute approximate surface area is 378 Å². The smallest absolute Gasteiger partial charge is 0.306 e. The van der Waals surface area contributed by atoms with E-state index < -0.39 is 13.9 Å². The number of rotatable bonds is 47. The Morgan fingerprint density at radius 2 is 0.951 bits per heavy atom. The minimum Gasteiger partial charge on any atom is -0.756 e. The van der Waals surface area contributed by atoms with Crippen LogP contribution in [-0.2, 0) is 27.9 Å². The first kappa shape index (κ1) is 59.5. The maximum Gasteiger partial charge on any atom is 0.306 e. The van der Waals surface area contributed by atoms with Crippen LogP contribution in [0.5, 0.6) is 0 Å². The number of carbonyl (C=O) groups is 1. The highest BCUT2D eigenvalue weighted by Crippen LogP contribution is 2.38. The third-order valence-electron chi connectivity index (χ3n) is 10.9. The van der Waals surface area contributed by atoms with E-state index in [9.17, 15) is 14.3 Å². The SMILES string of the molecule is CC/C=C\C/C=C\C/C=C\C/C=C\CCCCCCCCCCCCCCC(=O)OC(COCCCCCCCCCCCCCCCC)COP(=O)([O-])OCC[N+](C)(C)C. The van der Waals surface area contributed by atoms with Crippen LogP contribution in [0.3, 0.4) is 0 Å². The van der Waals surface area contributed by atoms with Gasteiger partial charge in [0.15, 0.2) is 0 Å². The molecule has 0 N–H and O–H groups in total. The zero-order chi connectivity index (χ0) is 44.8. The average Bonchev–Trinajstić information content (AvgIpc) is 3.22. The lowest BCUT2D eigenvalue weighted by atomic mass is 10.0. The van der Waals surface area contributed by atoms with Crippen LogP contribution in [0.4, 0.5) is 0 Å². The third kappa shape index (κ3) is 49.3. The van der Waals surface area contributed by atoms with Crippen molar-refractivity contribution in [1.29, 1.82) is 0 Å². The number of phosphoric acid groups is 1. The van der Waals surface area contributed by atoms with E-state index >= 15 is 0 Å². The summed E-state index contributed by atoms with van der Waals surface area (Å²) in [5, 5.41) is 0. The molecule has 0 spiro atoms. The Kier molecular flexibility index (Phi) is 43.9. The fraction of sp³-hybridized carbons (Fsp3) is 0.827. The molecule has 8 nitrogen and oxygen atoms in total. The molecule has 61 heavy (non-hydrogen) atoms. The number of allylic oxidation sites excluding steroid dienone is 8. The summed E-state index contributed by atoms with van der Waals surface area (Å²) >= 11 is 0. The Morgan fingerprint density at radius 1 is 0.525 bits per heavy atom. The van der Waals surface area contributed by atoms with Crippen molar-refractivity contribution >= 4 is 13.8 Å². The maximum absolute atomic E-state index is 12.7. The second kappa shape index (κ2) is 45.0. The van der Waals surface area contributed by atoms with Gasteiger partial charge in [-0.05, 0) is 51.4 Å². The quantitative estimate of drug-likeness (QED) is 0.0198. The molecule has 0 fully saturated rings. The van der Waals surface area contributed by atoms with Gasteiger partial charge < -0.3 is 27.9 Å². The highest BCUT2D eigenvalue weighted by atomic mass is 31.2. The third-order valence-corrected chi connectivity index (χ3v) is 11.9. The van der Waals surface area contributed by atoms with Crippen LogP contribution < -0.4 is 4.89 Å². The van der Waals surface area contributed by atoms with Crippen molar-refractivity contribution in [1.82, 2.24) is 0 Å². The van der Waals surface area contributed by atoms with Gasteiger partial charge in [0.2, 0.25) is 0 Å². The summed E-state index contributed by atoms with van der Waals surface area (Å²) in [5.74, 6) is -0.334. The molecule has 0 aliphatic heterocycles.